The van der Waals surface area contributed by atoms with Crippen LogP contribution in [0, 0.1) is 13.8 Å². The van der Waals surface area contributed by atoms with E-state index in [9.17, 15) is 0 Å². The van der Waals surface area contributed by atoms with Crippen molar-refractivity contribution in [3.63, 3.8) is 0 Å². The first-order valence-corrected chi connectivity index (χ1v) is 5.22. The molecule has 2 aromatic rings. The van der Waals surface area contributed by atoms with Gasteiger partial charge in [0.25, 0.3) is 0 Å². The zero-order valence-corrected chi connectivity index (χ0v) is 9.49. The van der Waals surface area contributed by atoms with E-state index >= 15 is 0 Å². The van der Waals surface area contributed by atoms with Crippen LogP contribution in [0.4, 0.5) is 17.2 Å². The van der Waals surface area contributed by atoms with Crippen molar-refractivity contribution in [3.05, 3.63) is 47.7 Å². The van der Waals surface area contributed by atoms with Gasteiger partial charge >= 0.3 is 0 Å². The summed E-state index contributed by atoms with van der Waals surface area (Å²) in [7, 11) is 0. The van der Waals surface area contributed by atoms with Gasteiger partial charge in [0.15, 0.2) is 0 Å². The van der Waals surface area contributed by atoms with E-state index in [4.69, 9.17) is 5.73 Å². The molecule has 0 spiro atoms. The van der Waals surface area contributed by atoms with Gasteiger partial charge in [-0.2, -0.15) is 0 Å². The van der Waals surface area contributed by atoms with Crippen LogP contribution in [-0.4, -0.2) is 4.98 Å². The molecule has 0 saturated carbocycles. The molecule has 3 N–H and O–H groups in total. The molecule has 2 rings (SSSR count). The number of pyridine rings is 1. The van der Waals surface area contributed by atoms with Crippen molar-refractivity contribution in [2.24, 2.45) is 0 Å². The summed E-state index contributed by atoms with van der Waals surface area (Å²) in [5.74, 6) is 0.517. The van der Waals surface area contributed by atoms with Gasteiger partial charge in [0, 0.05) is 11.9 Å². The molecule has 0 radical (unpaired) electrons. The van der Waals surface area contributed by atoms with Gasteiger partial charge in [0.1, 0.15) is 5.82 Å². The van der Waals surface area contributed by atoms with E-state index in [0.29, 0.717) is 5.82 Å². The molecule has 0 aliphatic heterocycles. The molecule has 0 bridgehead atoms. The van der Waals surface area contributed by atoms with E-state index < -0.39 is 0 Å². The minimum absolute atomic E-state index is 0.517. The summed E-state index contributed by atoms with van der Waals surface area (Å²) in [6, 6.07) is 9.94. The largest absolute Gasteiger partial charge is 0.382 e. The summed E-state index contributed by atoms with van der Waals surface area (Å²) in [6.45, 7) is 4.18. The molecule has 0 atom stereocenters. The average molecular weight is 213 g/mol. The van der Waals surface area contributed by atoms with Crippen LogP contribution in [0.25, 0.3) is 0 Å². The molecule has 0 unspecified atom stereocenters. The lowest BCUT2D eigenvalue weighted by Gasteiger charge is -2.12. The fourth-order valence-electron chi connectivity index (χ4n) is 1.55. The lowest BCUT2D eigenvalue weighted by atomic mass is 10.1. The number of nitrogens with two attached hydrogens (primary N) is 1. The number of benzene rings is 1. The Hall–Kier alpha value is -2.03. The predicted molar refractivity (Wildman–Crippen MR) is 67.8 cm³/mol. The zero-order chi connectivity index (χ0) is 11.5. The highest BCUT2D eigenvalue weighted by atomic mass is 15.0. The van der Waals surface area contributed by atoms with Crippen molar-refractivity contribution in [1.29, 1.82) is 0 Å². The van der Waals surface area contributed by atoms with Crippen molar-refractivity contribution in [2.75, 3.05) is 11.1 Å². The summed E-state index contributed by atoms with van der Waals surface area (Å²) in [5, 5.41) is 3.29. The first-order valence-electron chi connectivity index (χ1n) is 5.22. The first-order chi connectivity index (χ1) is 7.68. The Bertz CT molecular complexity index is 506. The van der Waals surface area contributed by atoms with Gasteiger partial charge in [-0.05, 0) is 43.2 Å². The molecule has 3 heteroatoms. The summed E-state index contributed by atoms with van der Waals surface area (Å²) < 4.78 is 0. The quantitative estimate of drug-likeness (QED) is 0.806. The normalized spacial score (nSPS) is 10.1. The second-order valence-electron chi connectivity index (χ2n) is 3.81. The lowest BCUT2D eigenvalue weighted by Crippen LogP contribution is -1.99. The Kier molecular flexibility index (Phi) is 2.77. The molecule has 82 valence electrons. The van der Waals surface area contributed by atoms with Crippen LogP contribution >= 0.6 is 0 Å². The first kappa shape index (κ1) is 10.5. The number of hydrogen-bond donors (Lipinski definition) is 2. The molecule has 0 fully saturated rings. The third kappa shape index (κ3) is 1.98. The number of aryl methyl sites for hydroxylation is 1. The van der Waals surface area contributed by atoms with E-state index in [1.807, 2.05) is 24.3 Å². The van der Waals surface area contributed by atoms with Gasteiger partial charge in [0.05, 0.1) is 5.69 Å². The Balaban J connectivity index is 2.35. The number of anilines is 3. The standard InChI is InChI=1S/C13H15N3/c1-9-5-3-6-11(10(9)2)16-12-7-4-8-15-13(12)14/h3-8,16H,1-2H3,(H2,14,15). The van der Waals surface area contributed by atoms with Crippen LogP contribution < -0.4 is 11.1 Å². The summed E-state index contributed by atoms with van der Waals surface area (Å²) in [6.07, 6.45) is 1.68. The fourth-order valence-corrected chi connectivity index (χ4v) is 1.55. The molecular weight excluding hydrogens is 198 g/mol. The Morgan fingerprint density at radius 2 is 1.81 bits per heavy atom. The molecule has 1 aromatic carbocycles. The topological polar surface area (TPSA) is 50.9 Å². The predicted octanol–water partition coefficient (Wildman–Crippen LogP) is 3.02. The molecular formula is C13H15N3. The van der Waals surface area contributed by atoms with Crippen LogP contribution in [-0.2, 0) is 0 Å². The Morgan fingerprint density at radius 3 is 2.56 bits per heavy atom. The summed E-state index contributed by atoms with van der Waals surface area (Å²) in [5.41, 5.74) is 10.2. The summed E-state index contributed by atoms with van der Waals surface area (Å²) >= 11 is 0. The van der Waals surface area contributed by atoms with Crippen LogP contribution in [0.5, 0.6) is 0 Å². The minimum Gasteiger partial charge on any atom is -0.382 e. The van der Waals surface area contributed by atoms with Crippen LogP contribution in [0.1, 0.15) is 11.1 Å². The smallest absolute Gasteiger partial charge is 0.147 e. The number of nitrogens with zero attached hydrogens (tertiary/aromatic N) is 1. The number of nitrogens with one attached hydrogen (secondary N) is 1. The van der Waals surface area contributed by atoms with Crippen molar-refractivity contribution >= 4 is 17.2 Å². The van der Waals surface area contributed by atoms with Gasteiger partial charge in [-0.1, -0.05) is 12.1 Å². The maximum Gasteiger partial charge on any atom is 0.147 e. The van der Waals surface area contributed by atoms with E-state index in [1.165, 1.54) is 11.1 Å². The monoisotopic (exact) mass is 213 g/mol. The third-order valence-electron chi connectivity index (χ3n) is 2.71. The van der Waals surface area contributed by atoms with E-state index in [0.717, 1.165) is 11.4 Å². The average Bonchev–Trinajstić information content (AvgIpc) is 2.28. The molecule has 1 aromatic heterocycles. The maximum atomic E-state index is 5.78. The second-order valence-corrected chi connectivity index (χ2v) is 3.81. The van der Waals surface area contributed by atoms with Gasteiger partial charge in [-0.3, -0.25) is 0 Å². The van der Waals surface area contributed by atoms with Crippen molar-refractivity contribution < 1.29 is 0 Å². The highest BCUT2D eigenvalue weighted by Gasteiger charge is 2.03. The molecule has 0 aliphatic carbocycles. The number of rotatable bonds is 2. The zero-order valence-electron chi connectivity index (χ0n) is 9.49. The van der Waals surface area contributed by atoms with Gasteiger partial charge in [-0.15, -0.1) is 0 Å². The van der Waals surface area contributed by atoms with E-state index in [2.05, 4.69) is 30.2 Å². The Labute approximate surface area is 95.3 Å². The van der Waals surface area contributed by atoms with E-state index in [-0.39, 0.29) is 0 Å². The van der Waals surface area contributed by atoms with Gasteiger partial charge in [-0.25, -0.2) is 4.98 Å². The van der Waals surface area contributed by atoms with Crippen LogP contribution in [0.15, 0.2) is 36.5 Å². The molecule has 16 heavy (non-hydrogen) atoms. The van der Waals surface area contributed by atoms with Gasteiger partial charge in [0.2, 0.25) is 0 Å². The molecule has 3 nitrogen and oxygen atoms in total. The molecule has 0 amide bonds. The third-order valence-corrected chi connectivity index (χ3v) is 2.71. The van der Waals surface area contributed by atoms with Crippen LogP contribution in [0.3, 0.4) is 0 Å². The van der Waals surface area contributed by atoms with Gasteiger partial charge < -0.3 is 11.1 Å². The van der Waals surface area contributed by atoms with Crippen molar-refractivity contribution in [3.8, 4) is 0 Å². The van der Waals surface area contributed by atoms with E-state index in [1.54, 1.807) is 6.20 Å². The highest BCUT2D eigenvalue weighted by Crippen LogP contribution is 2.24. The minimum atomic E-state index is 0.517. The summed E-state index contributed by atoms with van der Waals surface area (Å²) in [4.78, 5) is 4.04. The molecule has 1 heterocycles. The SMILES string of the molecule is Cc1cccc(Nc2cccnc2N)c1C. The fraction of sp³-hybridized carbons (Fsp3) is 0.154. The van der Waals surface area contributed by atoms with Crippen molar-refractivity contribution in [1.82, 2.24) is 4.98 Å². The number of aromatic nitrogens is 1. The molecule has 0 saturated heterocycles. The second kappa shape index (κ2) is 4.23. The maximum absolute atomic E-state index is 5.78. The molecule has 0 aliphatic rings. The Morgan fingerprint density at radius 1 is 1.06 bits per heavy atom. The number of hydrogen-bond acceptors (Lipinski definition) is 3. The highest BCUT2D eigenvalue weighted by molar-refractivity contribution is 5.71. The lowest BCUT2D eigenvalue weighted by molar-refractivity contribution is 1.30. The van der Waals surface area contributed by atoms with Crippen LogP contribution in [0.2, 0.25) is 0 Å². The van der Waals surface area contributed by atoms with Crippen molar-refractivity contribution in [2.45, 2.75) is 13.8 Å². The number of nitrogen functional groups attached to an aromatic ring is 1.